The minimum Gasteiger partial charge on any atom is -0.496 e. The highest BCUT2D eigenvalue weighted by molar-refractivity contribution is 7.99. The number of hydrogen-bond acceptors (Lipinski definition) is 6. The van der Waals surface area contributed by atoms with Crippen LogP contribution in [-0.4, -0.2) is 43.3 Å². The van der Waals surface area contributed by atoms with Gasteiger partial charge < -0.3 is 9.47 Å². The van der Waals surface area contributed by atoms with Gasteiger partial charge in [0.15, 0.2) is 6.61 Å². The number of carbonyl (C=O) groups excluding carboxylic acids is 3. The van der Waals surface area contributed by atoms with Crippen molar-refractivity contribution < 1.29 is 23.9 Å². The molecule has 1 atom stereocenters. The van der Waals surface area contributed by atoms with Gasteiger partial charge in [-0.25, -0.2) is 0 Å². The number of amides is 2. The molecular formula is C20H21NO5S. The Morgan fingerprint density at radius 2 is 1.85 bits per heavy atom. The SMILES string of the molecule is COc1ccccc1C(=O)COc1ccc(CC(SC)C(=O)NC=O)cc1. The number of benzene rings is 2. The van der Waals surface area contributed by atoms with Gasteiger partial charge in [-0.05, 0) is 42.5 Å². The number of ketones is 1. The third-order valence-corrected chi connectivity index (χ3v) is 4.85. The molecule has 7 heteroatoms. The summed E-state index contributed by atoms with van der Waals surface area (Å²) in [5.74, 6) is 0.572. The van der Waals surface area contributed by atoms with Crippen LogP contribution in [0.15, 0.2) is 48.5 Å². The number of imide groups is 1. The second-order valence-corrected chi connectivity index (χ2v) is 6.65. The van der Waals surface area contributed by atoms with Crippen LogP contribution >= 0.6 is 11.8 Å². The van der Waals surface area contributed by atoms with E-state index >= 15 is 0 Å². The molecule has 2 amide bonds. The van der Waals surface area contributed by atoms with Gasteiger partial charge in [-0.3, -0.25) is 19.7 Å². The van der Waals surface area contributed by atoms with Crippen LogP contribution in [0.3, 0.4) is 0 Å². The first-order valence-corrected chi connectivity index (χ1v) is 9.52. The van der Waals surface area contributed by atoms with Crippen LogP contribution in [0.2, 0.25) is 0 Å². The standard InChI is InChI=1S/C20H21NO5S/c1-25-18-6-4-3-5-16(18)17(23)12-26-15-9-7-14(8-10-15)11-19(27-2)20(24)21-13-22/h3-10,13,19H,11-12H2,1-2H3,(H,21,22,24). The van der Waals surface area contributed by atoms with E-state index in [9.17, 15) is 14.4 Å². The zero-order valence-electron chi connectivity index (χ0n) is 15.1. The Hall–Kier alpha value is -2.80. The highest BCUT2D eigenvalue weighted by Crippen LogP contribution is 2.20. The van der Waals surface area contributed by atoms with Crippen molar-refractivity contribution in [3.8, 4) is 11.5 Å². The molecule has 0 aliphatic carbocycles. The second kappa shape index (κ2) is 10.4. The molecule has 1 unspecified atom stereocenters. The van der Waals surface area contributed by atoms with E-state index in [1.54, 1.807) is 36.4 Å². The lowest BCUT2D eigenvalue weighted by molar-refractivity contribution is -0.124. The summed E-state index contributed by atoms with van der Waals surface area (Å²) in [5, 5.41) is 1.82. The van der Waals surface area contributed by atoms with Crippen LogP contribution in [-0.2, 0) is 16.0 Å². The van der Waals surface area contributed by atoms with E-state index in [0.29, 0.717) is 29.9 Å². The van der Waals surface area contributed by atoms with E-state index < -0.39 is 0 Å². The van der Waals surface area contributed by atoms with E-state index in [2.05, 4.69) is 5.32 Å². The zero-order valence-corrected chi connectivity index (χ0v) is 16.0. The summed E-state index contributed by atoms with van der Waals surface area (Å²) in [6.07, 6.45) is 2.69. The molecule has 1 N–H and O–H groups in total. The molecule has 0 bridgehead atoms. The largest absolute Gasteiger partial charge is 0.496 e. The molecule has 142 valence electrons. The van der Waals surface area contributed by atoms with Crippen LogP contribution < -0.4 is 14.8 Å². The number of thioether (sulfide) groups is 1. The Morgan fingerprint density at radius 1 is 1.15 bits per heavy atom. The van der Waals surface area contributed by atoms with Gasteiger partial charge in [-0.15, -0.1) is 0 Å². The minimum absolute atomic E-state index is 0.102. The van der Waals surface area contributed by atoms with E-state index in [1.165, 1.54) is 18.9 Å². The topological polar surface area (TPSA) is 81.7 Å². The van der Waals surface area contributed by atoms with E-state index in [0.717, 1.165) is 5.56 Å². The van der Waals surface area contributed by atoms with Crippen molar-refractivity contribution >= 4 is 29.9 Å². The Bertz CT molecular complexity index is 791. The molecular weight excluding hydrogens is 366 g/mol. The molecule has 0 aliphatic rings. The van der Waals surface area contributed by atoms with Gasteiger partial charge in [0.1, 0.15) is 11.5 Å². The van der Waals surface area contributed by atoms with Crippen molar-refractivity contribution in [2.75, 3.05) is 20.0 Å². The maximum absolute atomic E-state index is 12.3. The van der Waals surface area contributed by atoms with Crippen LogP contribution in [0.4, 0.5) is 0 Å². The van der Waals surface area contributed by atoms with Crippen LogP contribution in [0, 0.1) is 0 Å². The summed E-state index contributed by atoms with van der Waals surface area (Å²) in [6, 6.07) is 14.2. The first-order valence-electron chi connectivity index (χ1n) is 8.23. The number of carbonyl (C=O) groups is 3. The first kappa shape index (κ1) is 20.5. The van der Waals surface area contributed by atoms with Crippen molar-refractivity contribution in [1.82, 2.24) is 5.32 Å². The zero-order chi connectivity index (χ0) is 19.6. The maximum atomic E-state index is 12.3. The van der Waals surface area contributed by atoms with Crippen molar-refractivity contribution in [3.63, 3.8) is 0 Å². The molecule has 0 heterocycles. The van der Waals surface area contributed by atoms with E-state index in [1.807, 2.05) is 18.4 Å². The summed E-state index contributed by atoms with van der Waals surface area (Å²) in [4.78, 5) is 34.5. The van der Waals surface area contributed by atoms with Crippen molar-refractivity contribution in [2.45, 2.75) is 11.7 Å². The fourth-order valence-electron chi connectivity index (χ4n) is 2.47. The Kier molecular flexibility index (Phi) is 7.88. The number of ether oxygens (including phenoxy) is 2. The molecule has 2 aromatic carbocycles. The van der Waals surface area contributed by atoms with Gasteiger partial charge in [0, 0.05) is 0 Å². The van der Waals surface area contributed by atoms with E-state index in [4.69, 9.17) is 9.47 Å². The number of Topliss-reactive ketones (excluding diaryl/α,β-unsaturated/α-hetero) is 1. The minimum atomic E-state index is -0.353. The van der Waals surface area contributed by atoms with Crippen LogP contribution in [0.5, 0.6) is 11.5 Å². The molecule has 0 radical (unpaired) electrons. The summed E-state index contributed by atoms with van der Waals surface area (Å²) in [6.45, 7) is -0.102. The molecule has 0 saturated heterocycles. The molecule has 0 spiro atoms. The number of methoxy groups -OCH3 is 1. The fourth-order valence-corrected chi connectivity index (χ4v) is 3.11. The summed E-state index contributed by atoms with van der Waals surface area (Å²) >= 11 is 1.37. The predicted molar refractivity (Wildman–Crippen MR) is 104 cm³/mol. The number of nitrogens with one attached hydrogen (secondary N) is 1. The third kappa shape index (κ3) is 5.86. The summed E-state index contributed by atoms with van der Waals surface area (Å²) < 4.78 is 10.7. The molecule has 0 aromatic heterocycles. The van der Waals surface area contributed by atoms with Gasteiger partial charge in [-0.1, -0.05) is 24.3 Å². The number of hydrogen-bond donors (Lipinski definition) is 1. The number of rotatable bonds is 10. The smallest absolute Gasteiger partial charge is 0.239 e. The Balaban J connectivity index is 1.94. The molecule has 2 rings (SSSR count). The van der Waals surface area contributed by atoms with Crippen LogP contribution in [0.25, 0.3) is 0 Å². The van der Waals surface area contributed by atoms with Gasteiger partial charge >= 0.3 is 0 Å². The first-order chi connectivity index (χ1) is 13.1. The highest BCUT2D eigenvalue weighted by atomic mass is 32.2. The molecule has 27 heavy (non-hydrogen) atoms. The van der Waals surface area contributed by atoms with Crippen molar-refractivity contribution in [1.29, 1.82) is 0 Å². The molecule has 6 nitrogen and oxygen atoms in total. The maximum Gasteiger partial charge on any atom is 0.239 e. The third-order valence-electron chi connectivity index (χ3n) is 3.90. The van der Waals surface area contributed by atoms with Crippen molar-refractivity contribution in [2.24, 2.45) is 0 Å². The fraction of sp³-hybridized carbons (Fsp3) is 0.250. The Morgan fingerprint density at radius 3 is 2.48 bits per heavy atom. The average Bonchev–Trinajstić information content (AvgIpc) is 2.71. The summed E-state index contributed by atoms with van der Waals surface area (Å²) in [7, 11) is 1.52. The monoisotopic (exact) mass is 387 g/mol. The average molecular weight is 387 g/mol. The van der Waals surface area contributed by atoms with Crippen molar-refractivity contribution in [3.05, 3.63) is 59.7 Å². The van der Waals surface area contributed by atoms with Gasteiger partial charge in [-0.2, -0.15) is 11.8 Å². The molecule has 0 aliphatic heterocycles. The lowest BCUT2D eigenvalue weighted by Gasteiger charge is -2.13. The van der Waals surface area contributed by atoms with Gasteiger partial charge in [0.2, 0.25) is 18.1 Å². The lowest BCUT2D eigenvalue weighted by atomic mass is 10.1. The molecule has 2 aromatic rings. The summed E-state index contributed by atoms with van der Waals surface area (Å²) in [5.41, 5.74) is 1.40. The molecule has 0 fully saturated rings. The lowest BCUT2D eigenvalue weighted by Crippen LogP contribution is -2.32. The highest BCUT2D eigenvalue weighted by Gasteiger charge is 2.17. The van der Waals surface area contributed by atoms with Gasteiger partial charge in [0.05, 0.1) is 17.9 Å². The second-order valence-electron chi connectivity index (χ2n) is 5.61. The number of para-hydroxylation sites is 1. The quantitative estimate of drug-likeness (QED) is 0.498. The van der Waals surface area contributed by atoms with Gasteiger partial charge in [0.25, 0.3) is 0 Å². The van der Waals surface area contributed by atoms with E-state index in [-0.39, 0.29) is 23.5 Å². The normalized spacial score (nSPS) is 11.3. The Labute approximate surface area is 162 Å². The molecule has 0 saturated carbocycles. The predicted octanol–water partition coefficient (Wildman–Crippen LogP) is 2.50. The van der Waals surface area contributed by atoms with Crippen LogP contribution in [0.1, 0.15) is 15.9 Å².